The molecule has 0 aromatic rings. The number of rotatable bonds is 6. The third-order valence-electron chi connectivity index (χ3n) is 3.29. The van der Waals surface area contributed by atoms with E-state index < -0.39 is 5.51 Å². The highest BCUT2D eigenvalue weighted by Crippen LogP contribution is 2.35. The number of alkyl halides is 3. The quantitative estimate of drug-likeness (QED) is 0.729. The lowest BCUT2D eigenvalue weighted by atomic mass is 9.74. The fourth-order valence-electron chi connectivity index (χ4n) is 2.29. The number of nitrogens with one attached hydrogen (secondary N) is 1. The molecule has 0 unspecified atom stereocenters. The van der Waals surface area contributed by atoms with Crippen LogP contribution in [-0.4, -0.2) is 36.1 Å². The molecule has 102 valence electrons. The number of aliphatic hydroxyl groups excluding tert-OH is 1. The van der Waals surface area contributed by atoms with E-state index in [1.54, 1.807) is 0 Å². The molecule has 0 radical (unpaired) electrons. The minimum Gasteiger partial charge on any atom is -0.396 e. The first-order valence-corrected chi connectivity index (χ1v) is 6.98. The molecule has 0 amide bonds. The zero-order valence-electron chi connectivity index (χ0n) is 9.85. The average molecular weight is 271 g/mol. The van der Waals surface area contributed by atoms with Gasteiger partial charge >= 0.3 is 5.51 Å². The van der Waals surface area contributed by atoms with Crippen molar-refractivity contribution in [2.75, 3.05) is 25.4 Å². The van der Waals surface area contributed by atoms with Crippen LogP contribution in [0, 0.1) is 5.41 Å². The van der Waals surface area contributed by atoms with Crippen molar-refractivity contribution in [2.45, 2.75) is 37.6 Å². The van der Waals surface area contributed by atoms with Gasteiger partial charge in [0.05, 0.1) is 0 Å². The molecule has 0 saturated heterocycles. The highest BCUT2D eigenvalue weighted by Gasteiger charge is 2.31. The van der Waals surface area contributed by atoms with Crippen LogP contribution in [0.15, 0.2) is 0 Å². The number of hydrogen-bond acceptors (Lipinski definition) is 3. The maximum Gasteiger partial charge on any atom is 0.441 e. The molecule has 0 aromatic heterocycles. The van der Waals surface area contributed by atoms with E-state index >= 15 is 0 Å². The Bertz CT molecular complexity index is 217. The van der Waals surface area contributed by atoms with Gasteiger partial charge in [0.15, 0.2) is 0 Å². The summed E-state index contributed by atoms with van der Waals surface area (Å²) in [6.45, 7) is 1.10. The standard InChI is InChI=1S/C11H20F3NOS/c12-11(13,14)17-7-6-15-8-10(9-16)4-2-1-3-5-10/h15-16H,1-9H2. The molecule has 1 fully saturated rings. The van der Waals surface area contributed by atoms with E-state index in [-0.39, 0.29) is 29.5 Å². The molecule has 0 aliphatic heterocycles. The van der Waals surface area contributed by atoms with Gasteiger partial charge in [0.25, 0.3) is 0 Å². The predicted octanol–water partition coefficient (Wildman–Crippen LogP) is 2.77. The summed E-state index contributed by atoms with van der Waals surface area (Å²) in [5.41, 5.74) is -4.23. The summed E-state index contributed by atoms with van der Waals surface area (Å²) in [5, 5.41) is 12.4. The molecule has 0 heterocycles. The molecule has 1 aliphatic rings. The van der Waals surface area contributed by atoms with Crippen LogP contribution in [0.1, 0.15) is 32.1 Å². The molecule has 17 heavy (non-hydrogen) atoms. The number of thioether (sulfide) groups is 1. The Balaban J connectivity index is 2.15. The first-order valence-electron chi connectivity index (χ1n) is 6.00. The van der Waals surface area contributed by atoms with Crippen molar-refractivity contribution in [3.05, 3.63) is 0 Å². The Morgan fingerprint density at radius 2 is 1.82 bits per heavy atom. The van der Waals surface area contributed by atoms with E-state index in [2.05, 4.69) is 5.32 Å². The minimum atomic E-state index is -4.14. The largest absolute Gasteiger partial charge is 0.441 e. The SMILES string of the molecule is OCC1(CNCCSC(F)(F)F)CCCCC1. The maximum atomic E-state index is 11.9. The zero-order valence-corrected chi connectivity index (χ0v) is 10.7. The number of hydrogen-bond donors (Lipinski definition) is 2. The Labute approximate surface area is 104 Å². The van der Waals surface area contributed by atoms with Gasteiger partial charge in [-0.25, -0.2) is 0 Å². The van der Waals surface area contributed by atoms with Gasteiger partial charge in [-0.2, -0.15) is 13.2 Å². The molecular formula is C11H20F3NOS. The van der Waals surface area contributed by atoms with Gasteiger partial charge < -0.3 is 10.4 Å². The van der Waals surface area contributed by atoms with Gasteiger partial charge in [0.1, 0.15) is 0 Å². The van der Waals surface area contributed by atoms with Crippen LogP contribution in [0.4, 0.5) is 13.2 Å². The maximum absolute atomic E-state index is 11.9. The van der Waals surface area contributed by atoms with Gasteiger partial charge in [0, 0.05) is 30.9 Å². The van der Waals surface area contributed by atoms with Gasteiger partial charge in [-0.3, -0.25) is 0 Å². The zero-order chi connectivity index (χ0) is 12.8. The summed E-state index contributed by atoms with van der Waals surface area (Å²) in [5.74, 6) is 0.0327. The van der Waals surface area contributed by atoms with E-state index in [1.807, 2.05) is 0 Å². The predicted molar refractivity (Wildman–Crippen MR) is 64.0 cm³/mol. The van der Waals surface area contributed by atoms with E-state index in [4.69, 9.17) is 0 Å². The van der Waals surface area contributed by atoms with Crippen LogP contribution >= 0.6 is 11.8 Å². The molecule has 0 bridgehead atoms. The Kier molecular flexibility index (Phi) is 6.09. The summed E-state index contributed by atoms with van der Waals surface area (Å²) in [6.07, 6.45) is 5.37. The van der Waals surface area contributed by atoms with Gasteiger partial charge in [-0.15, -0.1) is 0 Å². The molecule has 0 atom stereocenters. The van der Waals surface area contributed by atoms with Crippen LogP contribution in [0.25, 0.3) is 0 Å². The summed E-state index contributed by atoms with van der Waals surface area (Å²) in [7, 11) is 0. The fourth-order valence-corrected chi connectivity index (χ4v) is 2.76. The lowest BCUT2D eigenvalue weighted by Gasteiger charge is -2.35. The first kappa shape index (κ1) is 15.1. The molecular weight excluding hydrogens is 251 g/mol. The second-order valence-corrected chi connectivity index (χ2v) is 5.85. The van der Waals surface area contributed by atoms with Gasteiger partial charge in [0.2, 0.25) is 0 Å². The average Bonchev–Trinajstić information content (AvgIpc) is 2.28. The molecule has 2 nitrogen and oxygen atoms in total. The van der Waals surface area contributed by atoms with Crippen molar-refractivity contribution in [1.29, 1.82) is 0 Å². The molecule has 6 heteroatoms. The van der Waals surface area contributed by atoms with E-state index in [9.17, 15) is 18.3 Å². The summed E-state index contributed by atoms with van der Waals surface area (Å²) in [4.78, 5) is 0. The van der Waals surface area contributed by atoms with E-state index in [1.165, 1.54) is 6.42 Å². The van der Waals surface area contributed by atoms with Gasteiger partial charge in [-0.1, -0.05) is 19.3 Å². The third kappa shape index (κ3) is 5.97. The second kappa shape index (κ2) is 6.85. The van der Waals surface area contributed by atoms with E-state index in [0.717, 1.165) is 25.7 Å². The summed E-state index contributed by atoms with van der Waals surface area (Å²) < 4.78 is 35.6. The highest BCUT2D eigenvalue weighted by atomic mass is 32.2. The van der Waals surface area contributed by atoms with Crippen molar-refractivity contribution in [3.63, 3.8) is 0 Å². The van der Waals surface area contributed by atoms with Crippen molar-refractivity contribution < 1.29 is 18.3 Å². The third-order valence-corrected chi connectivity index (χ3v) is 4.03. The monoisotopic (exact) mass is 271 g/mol. The van der Waals surface area contributed by atoms with Crippen LogP contribution < -0.4 is 5.32 Å². The van der Waals surface area contributed by atoms with Crippen LogP contribution in [-0.2, 0) is 0 Å². The summed E-state index contributed by atoms with van der Waals surface area (Å²) >= 11 is 0.00169. The van der Waals surface area contributed by atoms with Gasteiger partial charge in [-0.05, 0) is 24.6 Å². The minimum absolute atomic E-state index is 0.00169. The first-order chi connectivity index (χ1) is 7.97. The normalized spacial score (nSPS) is 20.5. The van der Waals surface area contributed by atoms with Crippen molar-refractivity contribution in [1.82, 2.24) is 5.32 Å². The Morgan fingerprint density at radius 3 is 2.35 bits per heavy atom. The van der Waals surface area contributed by atoms with Crippen molar-refractivity contribution in [2.24, 2.45) is 5.41 Å². The molecule has 0 aromatic carbocycles. The second-order valence-electron chi connectivity index (χ2n) is 4.69. The summed E-state index contributed by atoms with van der Waals surface area (Å²) in [6, 6.07) is 0. The lowest BCUT2D eigenvalue weighted by molar-refractivity contribution is -0.0327. The molecule has 1 aliphatic carbocycles. The smallest absolute Gasteiger partial charge is 0.396 e. The molecule has 1 saturated carbocycles. The molecule has 2 N–H and O–H groups in total. The molecule has 1 rings (SSSR count). The Hall–Kier alpha value is 0.0600. The van der Waals surface area contributed by atoms with E-state index in [0.29, 0.717) is 13.1 Å². The van der Waals surface area contributed by atoms with Crippen molar-refractivity contribution in [3.8, 4) is 0 Å². The van der Waals surface area contributed by atoms with Crippen LogP contribution in [0.2, 0.25) is 0 Å². The lowest BCUT2D eigenvalue weighted by Crippen LogP contribution is -2.39. The fraction of sp³-hybridized carbons (Fsp3) is 1.00. The van der Waals surface area contributed by atoms with Crippen molar-refractivity contribution >= 4 is 11.8 Å². The molecule has 0 spiro atoms. The number of halogens is 3. The Morgan fingerprint density at radius 1 is 1.18 bits per heavy atom. The topological polar surface area (TPSA) is 32.3 Å². The number of aliphatic hydroxyl groups is 1. The highest BCUT2D eigenvalue weighted by molar-refractivity contribution is 8.00. The van der Waals surface area contributed by atoms with Crippen LogP contribution in [0.3, 0.4) is 0 Å². The van der Waals surface area contributed by atoms with Crippen LogP contribution in [0.5, 0.6) is 0 Å².